The van der Waals surface area contributed by atoms with Gasteiger partial charge in [-0.3, -0.25) is 4.79 Å². The highest BCUT2D eigenvalue weighted by molar-refractivity contribution is 5.86. The third kappa shape index (κ3) is 2.81. The SMILES string of the molecule is CCC(N)C(=O)C1CC(C)CC(C)C1. The highest BCUT2D eigenvalue weighted by Crippen LogP contribution is 2.33. The van der Waals surface area contributed by atoms with Crippen molar-refractivity contribution >= 4 is 5.78 Å². The molecule has 0 aromatic carbocycles. The number of hydrogen-bond donors (Lipinski definition) is 1. The van der Waals surface area contributed by atoms with Gasteiger partial charge in [-0.2, -0.15) is 0 Å². The monoisotopic (exact) mass is 197 g/mol. The second-order valence-electron chi connectivity index (χ2n) is 5.03. The summed E-state index contributed by atoms with van der Waals surface area (Å²) in [6, 6.07) is -0.225. The van der Waals surface area contributed by atoms with Crippen LogP contribution in [0.5, 0.6) is 0 Å². The molecule has 0 amide bonds. The molecule has 1 aliphatic rings. The van der Waals surface area contributed by atoms with Crippen molar-refractivity contribution in [3.8, 4) is 0 Å². The number of carbonyl (C=O) groups is 1. The Hall–Kier alpha value is -0.370. The molecule has 0 aromatic heterocycles. The van der Waals surface area contributed by atoms with Gasteiger partial charge in [-0.05, 0) is 37.5 Å². The summed E-state index contributed by atoms with van der Waals surface area (Å²) >= 11 is 0. The van der Waals surface area contributed by atoms with Crippen molar-refractivity contribution in [1.82, 2.24) is 0 Å². The van der Waals surface area contributed by atoms with Crippen molar-refractivity contribution in [3.05, 3.63) is 0 Å². The van der Waals surface area contributed by atoms with Gasteiger partial charge >= 0.3 is 0 Å². The standard InChI is InChI=1S/C12H23NO/c1-4-11(13)12(14)10-6-8(2)5-9(3)7-10/h8-11H,4-7,13H2,1-3H3. The molecule has 0 bridgehead atoms. The number of rotatable bonds is 3. The van der Waals surface area contributed by atoms with Crippen molar-refractivity contribution in [2.45, 2.75) is 52.5 Å². The fourth-order valence-corrected chi connectivity index (χ4v) is 2.68. The number of nitrogens with two attached hydrogens (primary N) is 1. The van der Waals surface area contributed by atoms with E-state index in [1.807, 2.05) is 6.92 Å². The van der Waals surface area contributed by atoms with E-state index in [1.165, 1.54) is 6.42 Å². The van der Waals surface area contributed by atoms with Crippen molar-refractivity contribution in [2.75, 3.05) is 0 Å². The molecule has 1 fully saturated rings. The summed E-state index contributed by atoms with van der Waals surface area (Å²) in [5.74, 6) is 1.92. The van der Waals surface area contributed by atoms with E-state index in [2.05, 4.69) is 13.8 Å². The molecule has 0 saturated heterocycles. The number of Topliss-reactive ketones (excluding diaryl/α,β-unsaturated/α-hetero) is 1. The van der Waals surface area contributed by atoms with Crippen LogP contribution in [0.1, 0.15) is 46.5 Å². The molecule has 2 nitrogen and oxygen atoms in total. The maximum atomic E-state index is 11.9. The Bertz CT molecular complexity index is 192. The molecule has 1 aliphatic carbocycles. The van der Waals surface area contributed by atoms with Gasteiger partial charge in [0.2, 0.25) is 0 Å². The van der Waals surface area contributed by atoms with Crippen LogP contribution in [0.3, 0.4) is 0 Å². The van der Waals surface area contributed by atoms with Gasteiger partial charge in [0.05, 0.1) is 6.04 Å². The minimum absolute atomic E-state index is 0.225. The highest BCUT2D eigenvalue weighted by Gasteiger charge is 2.30. The van der Waals surface area contributed by atoms with Crippen LogP contribution in [0.4, 0.5) is 0 Å². The first-order chi connectivity index (χ1) is 6.54. The van der Waals surface area contributed by atoms with Crippen LogP contribution in [0.15, 0.2) is 0 Å². The van der Waals surface area contributed by atoms with Gasteiger partial charge < -0.3 is 5.73 Å². The van der Waals surface area contributed by atoms with Gasteiger partial charge in [0, 0.05) is 5.92 Å². The summed E-state index contributed by atoms with van der Waals surface area (Å²) in [4.78, 5) is 11.9. The Kier molecular flexibility index (Phi) is 4.11. The molecule has 1 saturated carbocycles. The van der Waals surface area contributed by atoms with E-state index in [4.69, 9.17) is 5.73 Å². The minimum Gasteiger partial charge on any atom is -0.322 e. The fourth-order valence-electron chi connectivity index (χ4n) is 2.68. The first-order valence-corrected chi connectivity index (χ1v) is 5.83. The van der Waals surface area contributed by atoms with E-state index in [9.17, 15) is 4.79 Å². The number of carbonyl (C=O) groups excluding carboxylic acids is 1. The maximum absolute atomic E-state index is 11.9. The Balaban J connectivity index is 2.54. The van der Waals surface area contributed by atoms with E-state index in [0.29, 0.717) is 17.6 Å². The van der Waals surface area contributed by atoms with Crippen LogP contribution in [-0.2, 0) is 4.79 Å². The third-order valence-electron chi connectivity index (χ3n) is 3.39. The topological polar surface area (TPSA) is 43.1 Å². The van der Waals surface area contributed by atoms with Crippen molar-refractivity contribution < 1.29 is 4.79 Å². The second-order valence-corrected chi connectivity index (χ2v) is 5.03. The minimum atomic E-state index is -0.225. The Morgan fingerprint density at radius 2 is 1.79 bits per heavy atom. The lowest BCUT2D eigenvalue weighted by atomic mass is 9.74. The van der Waals surface area contributed by atoms with E-state index in [0.717, 1.165) is 19.3 Å². The van der Waals surface area contributed by atoms with Crippen LogP contribution >= 0.6 is 0 Å². The Morgan fingerprint density at radius 3 is 2.21 bits per heavy atom. The van der Waals surface area contributed by atoms with Crippen LogP contribution in [0, 0.1) is 17.8 Å². The molecule has 2 heteroatoms. The summed E-state index contributed by atoms with van der Waals surface area (Å²) in [6.07, 6.45) is 4.15. The lowest BCUT2D eigenvalue weighted by molar-refractivity contribution is -0.126. The fraction of sp³-hybridized carbons (Fsp3) is 0.917. The number of ketones is 1. The molecule has 1 rings (SSSR count). The van der Waals surface area contributed by atoms with E-state index >= 15 is 0 Å². The van der Waals surface area contributed by atoms with Gasteiger partial charge in [0.15, 0.2) is 5.78 Å². The molecule has 0 spiro atoms. The molecule has 14 heavy (non-hydrogen) atoms. The average Bonchev–Trinajstić information content (AvgIpc) is 2.14. The van der Waals surface area contributed by atoms with E-state index in [1.54, 1.807) is 0 Å². The van der Waals surface area contributed by atoms with Gasteiger partial charge in [0.1, 0.15) is 0 Å². The van der Waals surface area contributed by atoms with Crippen LogP contribution < -0.4 is 5.73 Å². The van der Waals surface area contributed by atoms with Gasteiger partial charge in [-0.25, -0.2) is 0 Å². The molecule has 0 heterocycles. The smallest absolute Gasteiger partial charge is 0.152 e. The molecule has 2 N–H and O–H groups in total. The lowest BCUT2D eigenvalue weighted by Gasteiger charge is -2.31. The molecular weight excluding hydrogens is 174 g/mol. The maximum Gasteiger partial charge on any atom is 0.152 e. The zero-order chi connectivity index (χ0) is 10.7. The molecule has 3 unspecified atom stereocenters. The Morgan fingerprint density at radius 1 is 1.29 bits per heavy atom. The molecule has 0 radical (unpaired) electrons. The molecular formula is C12H23NO. The second kappa shape index (κ2) is 4.92. The van der Waals surface area contributed by atoms with Crippen LogP contribution in [0.2, 0.25) is 0 Å². The zero-order valence-electron chi connectivity index (χ0n) is 9.62. The Labute approximate surface area is 87.2 Å². The molecule has 0 aliphatic heterocycles. The lowest BCUT2D eigenvalue weighted by Crippen LogP contribution is -2.38. The molecule has 82 valence electrons. The zero-order valence-corrected chi connectivity index (χ0v) is 9.62. The summed E-state index contributed by atoms with van der Waals surface area (Å²) < 4.78 is 0. The number of hydrogen-bond acceptors (Lipinski definition) is 2. The molecule has 0 aromatic rings. The normalized spacial score (nSPS) is 35.3. The first kappa shape index (κ1) is 11.7. The average molecular weight is 197 g/mol. The summed E-state index contributed by atoms with van der Waals surface area (Å²) in [5, 5.41) is 0. The molecule has 3 atom stereocenters. The quantitative estimate of drug-likeness (QED) is 0.754. The van der Waals surface area contributed by atoms with Crippen LogP contribution in [-0.4, -0.2) is 11.8 Å². The largest absolute Gasteiger partial charge is 0.322 e. The van der Waals surface area contributed by atoms with E-state index < -0.39 is 0 Å². The summed E-state index contributed by atoms with van der Waals surface area (Å²) in [6.45, 7) is 6.47. The summed E-state index contributed by atoms with van der Waals surface area (Å²) in [5.41, 5.74) is 5.79. The van der Waals surface area contributed by atoms with Gasteiger partial charge in [0.25, 0.3) is 0 Å². The van der Waals surface area contributed by atoms with Crippen molar-refractivity contribution in [2.24, 2.45) is 23.5 Å². The van der Waals surface area contributed by atoms with Crippen LogP contribution in [0.25, 0.3) is 0 Å². The first-order valence-electron chi connectivity index (χ1n) is 5.83. The van der Waals surface area contributed by atoms with Gasteiger partial charge in [-0.1, -0.05) is 20.8 Å². The van der Waals surface area contributed by atoms with E-state index in [-0.39, 0.29) is 12.0 Å². The van der Waals surface area contributed by atoms with Crippen molar-refractivity contribution in [3.63, 3.8) is 0 Å². The third-order valence-corrected chi connectivity index (χ3v) is 3.39. The van der Waals surface area contributed by atoms with Gasteiger partial charge in [-0.15, -0.1) is 0 Å². The predicted octanol–water partition coefficient (Wildman–Crippen LogP) is 2.37. The summed E-state index contributed by atoms with van der Waals surface area (Å²) in [7, 11) is 0. The highest BCUT2D eigenvalue weighted by atomic mass is 16.1. The van der Waals surface area contributed by atoms with Crippen molar-refractivity contribution in [1.29, 1.82) is 0 Å². The predicted molar refractivity (Wildman–Crippen MR) is 58.9 cm³/mol.